The molecule has 39 heavy (non-hydrogen) atoms. The van der Waals surface area contributed by atoms with Gasteiger partial charge in [-0.25, -0.2) is 0 Å². The number of rotatable bonds is 2. The second-order valence-corrected chi connectivity index (χ2v) is 10.2. The van der Waals surface area contributed by atoms with Crippen molar-refractivity contribution in [2.45, 2.75) is 0 Å². The molecule has 182 valence electrons. The van der Waals surface area contributed by atoms with E-state index in [-0.39, 0.29) is 0 Å². The topological polar surface area (TPSA) is 31.2 Å². The fourth-order valence-corrected chi connectivity index (χ4v) is 6.20. The molecule has 0 spiro atoms. The lowest BCUT2D eigenvalue weighted by molar-refractivity contribution is 0.668. The van der Waals surface area contributed by atoms with Gasteiger partial charge in [0, 0.05) is 44.1 Å². The number of furan rings is 2. The van der Waals surface area contributed by atoms with Crippen molar-refractivity contribution in [3.05, 3.63) is 127 Å². The lowest BCUT2D eigenvalue weighted by atomic mass is 10.0. The molecule has 3 aromatic heterocycles. The van der Waals surface area contributed by atoms with Crippen molar-refractivity contribution < 1.29 is 8.83 Å². The fourth-order valence-electron chi connectivity index (χ4n) is 6.20. The summed E-state index contributed by atoms with van der Waals surface area (Å²) in [4.78, 5) is 0. The largest absolute Gasteiger partial charge is 0.456 e. The average molecular weight is 500 g/mol. The van der Waals surface area contributed by atoms with Crippen LogP contribution in [0, 0.1) is 0 Å². The summed E-state index contributed by atoms with van der Waals surface area (Å²) in [5.74, 6) is 0. The normalized spacial score (nSPS) is 12.1. The highest BCUT2D eigenvalue weighted by atomic mass is 16.3. The van der Waals surface area contributed by atoms with Crippen LogP contribution in [-0.2, 0) is 0 Å². The SMILES string of the molecule is c1cc(-c2ccc3oc4ccccc4c3c2)cc(-n2c3ccccc3c3cc4c(cc32)oc2ccccc24)c1. The van der Waals surface area contributed by atoms with Crippen molar-refractivity contribution >= 4 is 65.7 Å². The number of hydrogen-bond donors (Lipinski definition) is 0. The van der Waals surface area contributed by atoms with Crippen molar-refractivity contribution in [2.24, 2.45) is 0 Å². The van der Waals surface area contributed by atoms with Gasteiger partial charge in [-0.1, -0.05) is 72.8 Å². The first-order valence-corrected chi connectivity index (χ1v) is 13.2. The van der Waals surface area contributed by atoms with Gasteiger partial charge in [0.1, 0.15) is 22.3 Å². The number of benzene rings is 6. The van der Waals surface area contributed by atoms with Crippen LogP contribution in [0.1, 0.15) is 0 Å². The molecule has 3 heterocycles. The number of hydrogen-bond acceptors (Lipinski definition) is 2. The van der Waals surface area contributed by atoms with Crippen LogP contribution in [0.5, 0.6) is 0 Å². The minimum atomic E-state index is 0.904. The van der Waals surface area contributed by atoms with Crippen LogP contribution in [0.2, 0.25) is 0 Å². The maximum atomic E-state index is 6.29. The summed E-state index contributed by atoms with van der Waals surface area (Å²) in [6.07, 6.45) is 0. The molecule has 0 fully saturated rings. The van der Waals surface area contributed by atoms with Gasteiger partial charge in [-0.2, -0.15) is 0 Å². The maximum absolute atomic E-state index is 6.29. The van der Waals surface area contributed by atoms with E-state index >= 15 is 0 Å². The van der Waals surface area contributed by atoms with E-state index < -0.39 is 0 Å². The fraction of sp³-hybridized carbons (Fsp3) is 0. The first-order chi connectivity index (χ1) is 19.3. The van der Waals surface area contributed by atoms with E-state index in [2.05, 4.69) is 108 Å². The molecule has 0 N–H and O–H groups in total. The number of nitrogens with zero attached hydrogens (tertiary/aromatic N) is 1. The molecular weight excluding hydrogens is 478 g/mol. The van der Waals surface area contributed by atoms with Gasteiger partial charge in [-0.05, 0) is 59.7 Å². The van der Waals surface area contributed by atoms with Crippen LogP contribution in [-0.4, -0.2) is 4.57 Å². The van der Waals surface area contributed by atoms with Gasteiger partial charge in [-0.3, -0.25) is 0 Å². The van der Waals surface area contributed by atoms with Gasteiger partial charge in [0.2, 0.25) is 0 Å². The standard InChI is InChI=1S/C36H21NO2/c1-4-13-31-25(10-1)28-20-30-27-12-3-6-15-34(27)39-36(30)21-32(28)37(31)24-9-7-8-22(18-24)23-16-17-35-29(19-23)26-11-2-5-14-33(26)38-35/h1-21H. The monoisotopic (exact) mass is 499 g/mol. The molecule has 0 aliphatic rings. The van der Waals surface area contributed by atoms with Gasteiger partial charge in [0.25, 0.3) is 0 Å². The van der Waals surface area contributed by atoms with Gasteiger partial charge in [0.05, 0.1) is 11.0 Å². The molecule has 9 rings (SSSR count). The lowest BCUT2D eigenvalue weighted by Gasteiger charge is -2.10. The van der Waals surface area contributed by atoms with E-state index in [9.17, 15) is 0 Å². The van der Waals surface area contributed by atoms with Gasteiger partial charge >= 0.3 is 0 Å². The Morgan fingerprint density at radius 2 is 1.00 bits per heavy atom. The van der Waals surface area contributed by atoms with E-state index in [1.54, 1.807) is 0 Å². The molecule has 0 aliphatic heterocycles. The van der Waals surface area contributed by atoms with E-state index in [1.807, 2.05) is 24.3 Å². The first-order valence-electron chi connectivity index (χ1n) is 13.2. The minimum absolute atomic E-state index is 0.904. The maximum Gasteiger partial charge on any atom is 0.137 e. The van der Waals surface area contributed by atoms with Gasteiger partial charge in [0.15, 0.2) is 0 Å². The molecule has 6 aromatic carbocycles. The highest BCUT2D eigenvalue weighted by Crippen LogP contribution is 2.39. The van der Waals surface area contributed by atoms with Gasteiger partial charge in [-0.15, -0.1) is 0 Å². The Balaban J connectivity index is 1.29. The van der Waals surface area contributed by atoms with Crippen LogP contribution in [0.3, 0.4) is 0 Å². The molecular formula is C36H21NO2. The summed E-state index contributed by atoms with van der Waals surface area (Å²) in [6, 6.07) is 44.9. The van der Waals surface area contributed by atoms with Crippen molar-refractivity contribution in [3.63, 3.8) is 0 Å². The molecule has 0 saturated carbocycles. The van der Waals surface area contributed by atoms with Crippen LogP contribution in [0.25, 0.3) is 82.5 Å². The van der Waals surface area contributed by atoms with Crippen LogP contribution in [0.4, 0.5) is 0 Å². The van der Waals surface area contributed by atoms with Crippen molar-refractivity contribution in [1.82, 2.24) is 4.57 Å². The Morgan fingerprint density at radius 3 is 1.82 bits per heavy atom. The third kappa shape index (κ3) is 2.93. The Kier molecular flexibility index (Phi) is 4.05. The minimum Gasteiger partial charge on any atom is -0.456 e. The van der Waals surface area contributed by atoms with Crippen LogP contribution in [0.15, 0.2) is 136 Å². The summed E-state index contributed by atoms with van der Waals surface area (Å²) in [6.45, 7) is 0. The summed E-state index contributed by atoms with van der Waals surface area (Å²) in [5, 5.41) is 7.03. The zero-order valence-electron chi connectivity index (χ0n) is 20.9. The molecule has 3 heteroatoms. The third-order valence-corrected chi connectivity index (χ3v) is 7.99. The third-order valence-electron chi connectivity index (χ3n) is 7.99. The van der Waals surface area contributed by atoms with Crippen molar-refractivity contribution in [3.8, 4) is 16.8 Å². The molecule has 0 amide bonds. The Hall–Kier alpha value is -5.28. The molecule has 9 aromatic rings. The van der Waals surface area contributed by atoms with E-state index in [4.69, 9.17) is 8.83 Å². The van der Waals surface area contributed by atoms with E-state index in [1.165, 1.54) is 16.3 Å². The Bertz CT molecular complexity index is 2400. The average Bonchev–Trinajstić information content (AvgIpc) is 3.64. The van der Waals surface area contributed by atoms with E-state index in [0.29, 0.717) is 0 Å². The summed E-state index contributed by atoms with van der Waals surface area (Å²) >= 11 is 0. The molecule has 0 radical (unpaired) electrons. The first kappa shape index (κ1) is 20.7. The molecule has 0 unspecified atom stereocenters. The quantitative estimate of drug-likeness (QED) is 0.237. The summed E-state index contributed by atoms with van der Waals surface area (Å²) < 4.78 is 14.7. The number of aromatic nitrogens is 1. The molecule has 3 nitrogen and oxygen atoms in total. The predicted octanol–water partition coefficient (Wildman–Crippen LogP) is 10.2. The van der Waals surface area contributed by atoms with Crippen LogP contribution < -0.4 is 0 Å². The summed E-state index contributed by atoms with van der Waals surface area (Å²) in [7, 11) is 0. The van der Waals surface area contributed by atoms with Gasteiger partial charge < -0.3 is 13.4 Å². The second kappa shape index (κ2) is 7.62. The van der Waals surface area contributed by atoms with Crippen molar-refractivity contribution in [1.29, 1.82) is 0 Å². The molecule has 0 bridgehead atoms. The Labute approximate surface area is 223 Å². The molecule has 0 aliphatic carbocycles. The van der Waals surface area contributed by atoms with E-state index in [0.717, 1.165) is 66.2 Å². The lowest BCUT2D eigenvalue weighted by Crippen LogP contribution is -1.94. The second-order valence-electron chi connectivity index (χ2n) is 10.2. The zero-order chi connectivity index (χ0) is 25.5. The highest BCUT2D eigenvalue weighted by molar-refractivity contribution is 6.17. The predicted molar refractivity (Wildman–Crippen MR) is 161 cm³/mol. The Morgan fingerprint density at radius 1 is 0.359 bits per heavy atom. The zero-order valence-corrected chi connectivity index (χ0v) is 20.9. The van der Waals surface area contributed by atoms with Crippen LogP contribution >= 0.6 is 0 Å². The molecule has 0 atom stereocenters. The summed E-state index contributed by atoms with van der Waals surface area (Å²) in [5.41, 5.74) is 9.41. The highest BCUT2D eigenvalue weighted by Gasteiger charge is 2.17. The smallest absolute Gasteiger partial charge is 0.137 e. The number of fused-ring (bicyclic) bond motifs is 9. The van der Waals surface area contributed by atoms with Crippen molar-refractivity contribution in [2.75, 3.05) is 0 Å². The molecule has 0 saturated heterocycles. The number of para-hydroxylation sites is 3.